The largest absolute Gasteiger partial charge is 0.444 e. The van der Waals surface area contributed by atoms with E-state index in [1.165, 1.54) is 16.7 Å². The third-order valence-electron chi connectivity index (χ3n) is 4.33. The molecule has 0 aliphatic heterocycles. The van der Waals surface area contributed by atoms with Gasteiger partial charge in [0.25, 0.3) is 5.91 Å². The van der Waals surface area contributed by atoms with E-state index in [1.54, 1.807) is 68.7 Å². The zero-order chi connectivity index (χ0) is 21.5. The summed E-state index contributed by atoms with van der Waals surface area (Å²) < 4.78 is 5.67. The number of esters is 1. The Morgan fingerprint density at radius 1 is 0.900 bits per heavy atom. The summed E-state index contributed by atoms with van der Waals surface area (Å²) in [7, 11) is 3.24. The lowest BCUT2D eigenvalue weighted by atomic mass is 10.1. The Balaban J connectivity index is 1.91. The first-order valence-electron chi connectivity index (χ1n) is 9.24. The van der Waals surface area contributed by atoms with Crippen LogP contribution in [0.4, 0.5) is 0 Å². The predicted octanol–water partition coefficient (Wildman–Crippen LogP) is 4.70. The average molecular weight is 417 g/mol. The molecule has 0 fully saturated rings. The minimum absolute atomic E-state index is 0.325. The molecule has 0 spiro atoms. The van der Waals surface area contributed by atoms with E-state index in [1.807, 2.05) is 24.3 Å². The molecule has 0 aromatic heterocycles. The van der Waals surface area contributed by atoms with Crippen molar-refractivity contribution in [3.63, 3.8) is 0 Å². The van der Waals surface area contributed by atoms with Gasteiger partial charge in [-0.15, -0.1) is 0 Å². The Kier molecular flexibility index (Phi) is 6.89. The number of nitriles is 1. The van der Waals surface area contributed by atoms with Crippen LogP contribution in [-0.2, 0) is 9.53 Å². The molecule has 0 bridgehead atoms. The quantitative estimate of drug-likeness (QED) is 0.545. The van der Waals surface area contributed by atoms with Gasteiger partial charge in [-0.05, 0) is 24.3 Å². The molecule has 3 aromatic rings. The Labute approximate surface area is 179 Å². The first-order chi connectivity index (χ1) is 14.5. The lowest BCUT2D eigenvalue weighted by Crippen LogP contribution is -2.31. The maximum Gasteiger partial charge on any atom is 0.340 e. The van der Waals surface area contributed by atoms with Crippen LogP contribution in [0.5, 0.6) is 0 Å². The summed E-state index contributed by atoms with van der Waals surface area (Å²) in [6.07, 6.45) is -1.04. The number of likely N-dealkylation sites (N-methyl/N-ethyl adjacent to an activating group) is 1. The molecule has 0 unspecified atom stereocenters. The van der Waals surface area contributed by atoms with Gasteiger partial charge >= 0.3 is 5.97 Å². The number of carbonyl (C=O) groups excluding carboxylic acids is 2. The lowest BCUT2D eigenvalue weighted by molar-refractivity contribution is -0.138. The molecule has 3 aromatic carbocycles. The summed E-state index contributed by atoms with van der Waals surface area (Å²) in [5, 5.41) is 9.34. The van der Waals surface area contributed by atoms with E-state index in [0.29, 0.717) is 21.6 Å². The fourth-order valence-electron chi connectivity index (χ4n) is 2.78. The molecule has 0 aliphatic rings. The van der Waals surface area contributed by atoms with Gasteiger partial charge in [-0.3, -0.25) is 4.79 Å². The van der Waals surface area contributed by atoms with E-state index in [4.69, 9.17) is 4.74 Å². The minimum atomic E-state index is -1.04. The van der Waals surface area contributed by atoms with Crippen LogP contribution in [0.25, 0.3) is 0 Å². The Hall–Kier alpha value is -3.56. The Bertz CT molecular complexity index is 1090. The molecule has 0 saturated heterocycles. The summed E-state index contributed by atoms with van der Waals surface area (Å²) in [6, 6.07) is 25.3. The number of amides is 1. The lowest BCUT2D eigenvalue weighted by Gasteiger charge is -2.21. The molecule has 0 aliphatic carbocycles. The molecular formula is C24H20N2O3S. The average Bonchev–Trinajstić information content (AvgIpc) is 2.78. The normalized spacial score (nSPS) is 11.2. The minimum Gasteiger partial charge on any atom is -0.444 e. The van der Waals surface area contributed by atoms with E-state index in [-0.39, 0.29) is 5.91 Å². The monoisotopic (exact) mass is 416 g/mol. The molecule has 0 heterocycles. The van der Waals surface area contributed by atoms with Crippen LogP contribution in [0.1, 0.15) is 27.6 Å². The predicted molar refractivity (Wildman–Crippen MR) is 115 cm³/mol. The standard InChI is InChI=1S/C24H20N2O3S/c1-26(2)23(27)22(17-10-4-3-5-11-17)29-24(28)19-13-7-9-15-21(19)30-20-14-8-6-12-18(20)16-25/h3-15,22H,1-2H3/t22-/m0/s1. The number of hydrogen-bond acceptors (Lipinski definition) is 5. The molecule has 6 heteroatoms. The molecule has 1 atom stereocenters. The first kappa shape index (κ1) is 21.2. The fraction of sp³-hybridized carbons (Fsp3) is 0.125. The number of ether oxygens (including phenoxy) is 1. The molecule has 0 radical (unpaired) electrons. The molecular weight excluding hydrogens is 396 g/mol. The van der Waals surface area contributed by atoms with Gasteiger partial charge in [-0.2, -0.15) is 5.26 Å². The highest BCUT2D eigenvalue weighted by molar-refractivity contribution is 7.99. The van der Waals surface area contributed by atoms with E-state index in [2.05, 4.69) is 6.07 Å². The van der Waals surface area contributed by atoms with Gasteiger partial charge in [-0.1, -0.05) is 66.4 Å². The van der Waals surface area contributed by atoms with E-state index >= 15 is 0 Å². The van der Waals surface area contributed by atoms with Gasteiger partial charge in [0, 0.05) is 29.4 Å². The summed E-state index contributed by atoms with van der Waals surface area (Å²) in [5.41, 5.74) is 1.46. The number of hydrogen-bond donors (Lipinski definition) is 0. The van der Waals surface area contributed by atoms with Crippen molar-refractivity contribution in [2.24, 2.45) is 0 Å². The second-order valence-corrected chi connectivity index (χ2v) is 7.72. The van der Waals surface area contributed by atoms with Gasteiger partial charge < -0.3 is 9.64 Å². The smallest absolute Gasteiger partial charge is 0.340 e. The van der Waals surface area contributed by atoms with Crippen LogP contribution in [-0.4, -0.2) is 30.9 Å². The molecule has 0 N–H and O–H groups in total. The molecule has 150 valence electrons. The van der Waals surface area contributed by atoms with Crippen LogP contribution >= 0.6 is 11.8 Å². The van der Waals surface area contributed by atoms with Crippen LogP contribution in [0.2, 0.25) is 0 Å². The number of carbonyl (C=O) groups is 2. The van der Waals surface area contributed by atoms with Gasteiger partial charge in [-0.25, -0.2) is 4.79 Å². The van der Waals surface area contributed by atoms with Gasteiger partial charge in [0.1, 0.15) is 6.07 Å². The van der Waals surface area contributed by atoms with Gasteiger partial charge in [0.15, 0.2) is 0 Å². The highest BCUT2D eigenvalue weighted by atomic mass is 32.2. The zero-order valence-corrected chi connectivity index (χ0v) is 17.4. The van der Waals surface area contributed by atoms with Crippen molar-refractivity contribution < 1.29 is 14.3 Å². The van der Waals surface area contributed by atoms with Crippen molar-refractivity contribution in [3.05, 3.63) is 95.6 Å². The fourth-order valence-corrected chi connectivity index (χ4v) is 3.80. The van der Waals surface area contributed by atoms with Crippen molar-refractivity contribution in [3.8, 4) is 6.07 Å². The van der Waals surface area contributed by atoms with E-state index < -0.39 is 12.1 Å². The Morgan fingerprint density at radius 3 is 2.17 bits per heavy atom. The first-order valence-corrected chi connectivity index (χ1v) is 10.1. The van der Waals surface area contributed by atoms with Crippen molar-refractivity contribution in [2.45, 2.75) is 15.9 Å². The van der Waals surface area contributed by atoms with Crippen molar-refractivity contribution >= 4 is 23.6 Å². The summed E-state index contributed by atoms with van der Waals surface area (Å²) >= 11 is 1.31. The molecule has 30 heavy (non-hydrogen) atoms. The van der Waals surface area contributed by atoms with Crippen LogP contribution in [0.15, 0.2) is 88.7 Å². The third-order valence-corrected chi connectivity index (χ3v) is 5.48. The maximum atomic E-state index is 13.0. The van der Waals surface area contributed by atoms with Crippen LogP contribution in [0, 0.1) is 11.3 Å². The molecule has 1 amide bonds. The highest BCUT2D eigenvalue weighted by Crippen LogP contribution is 2.33. The SMILES string of the molecule is CN(C)C(=O)[C@@H](OC(=O)c1ccccc1Sc1ccccc1C#N)c1ccccc1. The maximum absolute atomic E-state index is 13.0. The van der Waals surface area contributed by atoms with Crippen LogP contribution in [0.3, 0.4) is 0 Å². The van der Waals surface area contributed by atoms with Crippen molar-refractivity contribution in [1.82, 2.24) is 4.90 Å². The second kappa shape index (κ2) is 9.77. The number of benzene rings is 3. The van der Waals surface area contributed by atoms with Gasteiger partial charge in [0.05, 0.1) is 11.1 Å². The third kappa shape index (κ3) is 4.88. The number of rotatable bonds is 6. The number of nitrogens with zero attached hydrogens (tertiary/aromatic N) is 2. The zero-order valence-electron chi connectivity index (χ0n) is 16.6. The molecule has 3 rings (SSSR count). The van der Waals surface area contributed by atoms with E-state index in [0.717, 1.165) is 4.90 Å². The van der Waals surface area contributed by atoms with Crippen LogP contribution < -0.4 is 0 Å². The van der Waals surface area contributed by atoms with Gasteiger partial charge in [0.2, 0.25) is 6.10 Å². The van der Waals surface area contributed by atoms with Crippen molar-refractivity contribution in [2.75, 3.05) is 14.1 Å². The Morgan fingerprint density at radius 2 is 1.50 bits per heavy atom. The summed E-state index contributed by atoms with van der Waals surface area (Å²) in [4.78, 5) is 28.5. The molecule has 0 saturated carbocycles. The summed E-state index contributed by atoms with van der Waals surface area (Å²) in [5.74, 6) is -0.925. The topological polar surface area (TPSA) is 70.4 Å². The van der Waals surface area contributed by atoms with E-state index in [9.17, 15) is 14.9 Å². The summed E-state index contributed by atoms with van der Waals surface area (Å²) in [6.45, 7) is 0. The van der Waals surface area contributed by atoms with Crippen molar-refractivity contribution in [1.29, 1.82) is 5.26 Å². The molecule has 5 nitrogen and oxygen atoms in total. The highest BCUT2D eigenvalue weighted by Gasteiger charge is 2.28. The second-order valence-electron chi connectivity index (χ2n) is 6.63.